The second-order valence-electron chi connectivity index (χ2n) is 16.9. The molecule has 0 radical (unpaired) electrons. The first kappa shape index (κ1) is 55.2. The molecule has 4 aromatic carbocycles. The predicted molar refractivity (Wildman–Crippen MR) is 278 cm³/mol. The number of methoxy groups -OCH3 is 2. The number of aromatic nitrogens is 2. The monoisotopic (exact) mass is 1030 g/mol. The first-order chi connectivity index (χ1) is 35.3. The lowest BCUT2D eigenvalue weighted by atomic mass is 9.92. The normalized spacial score (nSPS) is 12.0. The molecule has 0 spiro atoms. The average Bonchev–Trinajstić information content (AvgIpc) is 3.38. The first-order valence-corrected chi connectivity index (χ1v) is 24.0. The summed E-state index contributed by atoms with van der Waals surface area (Å²) >= 11 is 13.7. The summed E-state index contributed by atoms with van der Waals surface area (Å²) in [6.45, 7) is 5.46. The number of hydrogen-bond acceptors (Lipinski definition) is 14. The van der Waals surface area contributed by atoms with E-state index in [9.17, 15) is 25.1 Å². The van der Waals surface area contributed by atoms with Gasteiger partial charge in [-0.05, 0) is 84.3 Å². The van der Waals surface area contributed by atoms with Gasteiger partial charge < -0.3 is 49.3 Å². The minimum atomic E-state index is -1.02. The van der Waals surface area contributed by atoms with Crippen LogP contribution in [0.2, 0.25) is 10.0 Å². The molecule has 0 saturated heterocycles. The fourth-order valence-electron chi connectivity index (χ4n) is 7.81. The zero-order valence-corrected chi connectivity index (χ0v) is 42.8. The molecule has 0 amide bonds. The van der Waals surface area contributed by atoms with Gasteiger partial charge in [0, 0.05) is 119 Å². The highest BCUT2D eigenvalue weighted by atomic mass is 35.5. The van der Waals surface area contributed by atoms with Crippen LogP contribution >= 0.6 is 23.2 Å². The van der Waals surface area contributed by atoms with Gasteiger partial charge in [-0.3, -0.25) is 24.5 Å². The molecule has 2 atom stereocenters. The van der Waals surface area contributed by atoms with Crippen LogP contribution in [-0.2, 0) is 58.6 Å². The molecule has 0 aliphatic heterocycles. The molecule has 0 saturated carbocycles. The van der Waals surface area contributed by atoms with E-state index in [2.05, 4.69) is 43.8 Å². The Morgan fingerprint density at radius 3 is 1.58 bits per heavy atom. The van der Waals surface area contributed by atoms with Crippen molar-refractivity contribution >= 4 is 41.4 Å². The molecular weight excluding hydrogens is 976 g/mol. The maximum Gasteiger partial charge on any atom is 0.320 e. The lowest BCUT2D eigenvalue weighted by Crippen LogP contribution is -2.37. The fourth-order valence-corrected chi connectivity index (χ4v) is 8.29. The van der Waals surface area contributed by atoms with Crippen molar-refractivity contribution in [2.75, 3.05) is 34.5 Å². The molecule has 4 N–H and O–H groups in total. The largest absolute Gasteiger partial charge is 0.488 e. The number of carbonyl (C=O) groups is 2. The second kappa shape index (κ2) is 27.6. The summed E-state index contributed by atoms with van der Waals surface area (Å²) in [7, 11) is 4.72. The zero-order chi connectivity index (χ0) is 52.3. The molecule has 382 valence electrons. The van der Waals surface area contributed by atoms with Crippen LogP contribution in [-0.4, -0.2) is 84.9 Å². The fraction of sp³-hybridized carbons (Fsp3) is 0.309. The molecule has 2 aromatic heterocycles. The first-order valence-electron chi connectivity index (χ1n) is 23.3. The van der Waals surface area contributed by atoms with Gasteiger partial charge in [0.05, 0.1) is 15.6 Å². The third-order valence-electron chi connectivity index (χ3n) is 11.9. The number of aliphatic imine (C=N–C) groups is 1. The topological polar surface area (TPSA) is 216 Å². The van der Waals surface area contributed by atoms with E-state index in [1.54, 1.807) is 62.2 Å². The summed E-state index contributed by atoms with van der Waals surface area (Å²) < 4.78 is 35.6. The number of halogens is 2. The van der Waals surface area contributed by atoms with Crippen LogP contribution in [0.15, 0.2) is 103 Å². The number of nitrogens with one attached hydrogen (secondary N) is 2. The van der Waals surface area contributed by atoms with Crippen LogP contribution in [0.1, 0.15) is 68.5 Å². The third-order valence-corrected chi connectivity index (χ3v) is 12.5. The number of hydrogen-bond donors (Lipinski definition) is 4. The van der Waals surface area contributed by atoms with Gasteiger partial charge in [0.25, 0.3) is 0 Å². The highest BCUT2D eigenvalue weighted by Crippen LogP contribution is 2.37. The van der Waals surface area contributed by atoms with E-state index in [1.807, 2.05) is 44.2 Å². The molecular formula is C55H58Cl2N6O10. The quantitative estimate of drug-likeness (QED) is 0.0337. The highest BCUT2D eigenvalue weighted by molar-refractivity contribution is 6.32. The van der Waals surface area contributed by atoms with E-state index >= 15 is 0 Å². The Morgan fingerprint density at radius 2 is 1.12 bits per heavy atom. The molecule has 2 unspecified atom stereocenters. The van der Waals surface area contributed by atoms with Crippen molar-refractivity contribution in [1.29, 1.82) is 5.26 Å². The maximum absolute atomic E-state index is 12.0. The molecule has 16 nitrogen and oxygen atoms in total. The Labute approximate surface area is 434 Å². The van der Waals surface area contributed by atoms with Crippen molar-refractivity contribution in [3.05, 3.63) is 163 Å². The van der Waals surface area contributed by atoms with Crippen molar-refractivity contribution in [2.24, 2.45) is 4.99 Å². The van der Waals surface area contributed by atoms with E-state index < -0.39 is 24.0 Å². The Bertz CT molecular complexity index is 2930. The maximum atomic E-state index is 12.0. The van der Waals surface area contributed by atoms with Crippen LogP contribution < -0.4 is 29.6 Å². The Morgan fingerprint density at radius 1 is 0.658 bits per heavy atom. The number of pyridine rings is 2. The summed E-state index contributed by atoms with van der Waals surface area (Å²) in [5.41, 5.74) is 9.72. The predicted octanol–water partition coefficient (Wildman–Crippen LogP) is 9.46. The molecule has 0 aliphatic rings. The summed E-state index contributed by atoms with van der Waals surface area (Å²) in [5.74, 6) is -0.410. The Balaban J connectivity index is 1.21. The number of carboxylic acid groups (broad SMARTS) is 2. The minimum Gasteiger partial charge on any atom is -0.488 e. The molecule has 18 heteroatoms. The molecule has 0 bridgehead atoms. The number of nitrogens with zero attached hydrogens (tertiary/aromatic N) is 4. The van der Waals surface area contributed by atoms with Crippen molar-refractivity contribution in [3.8, 4) is 40.2 Å². The molecule has 0 fully saturated rings. The van der Waals surface area contributed by atoms with Crippen LogP contribution in [0.25, 0.3) is 11.1 Å². The number of aliphatic carboxylic acids is 2. The van der Waals surface area contributed by atoms with Crippen LogP contribution in [0, 0.1) is 25.2 Å². The van der Waals surface area contributed by atoms with Gasteiger partial charge in [-0.1, -0.05) is 59.6 Å². The SMILES string of the molecule is C/N=C/c1cncc(COc2cc(OCc3cccc(-c4cccc(COc5cc(OCc6cncc(C#N)c6)c(CNC(CCOC)C(=O)O)cc5Cl)c4C)c3C)c(Cl)cc2CNC(CCOC)C(=O)O)c1. The van der Waals surface area contributed by atoms with E-state index in [1.165, 1.54) is 20.4 Å². The number of benzene rings is 4. The van der Waals surface area contributed by atoms with E-state index in [0.717, 1.165) is 44.5 Å². The number of ether oxygens (including phenoxy) is 6. The molecule has 6 aromatic rings. The lowest BCUT2D eigenvalue weighted by Gasteiger charge is -2.20. The number of nitriles is 1. The molecule has 2 heterocycles. The van der Waals surface area contributed by atoms with Crippen LogP contribution in [0.4, 0.5) is 0 Å². The van der Waals surface area contributed by atoms with Gasteiger partial charge in [-0.25, -0.2) is 0 Å². The van der Waals surface area contributed by atoms with Gasteiger partial charge in [-0.2, -0.15) is 5.26 Å². The minimum absolute atomic E-state index is 0.0791. The molecule has 6 rings (SSSR count). The van der Waals surface area contributed by atoms with Crippen LogP contribution in [0.3, 0.4) is 0 Å². The molecule has 73 heavy (non-hydrogen) atoms. The van der Waals surface area contributed by atoms with Gasteiger partial charge in [0.2, 0.25) is 0 Å². The standard InChI is InChI=1S/C55H58Cl2N6O10/c1-34-40(32-72-52-20-50(70-30-38-16-36(22-58)24-60-26-38)42(18-46(52)56)28-62-48(54(64)65)12-14-68-4)8-6-10-44(34)45-11-7-9-41(35(45)2)33-73-53-21-51(71-31-39-17-37(23-59-3)25-61-27-39)43(19-47(53)57)29-63-49(55(66)67)13-15-69-5/h6-11,16-21,23-27,48-49,62-63H,12-15,28-33H2,1-5H3,(H,64,65)(H,66,67)/b59-23+. The van der Waals surface area contributed by atoms with E-state index in [0.29, 0.717) is 55.3 Å². The van der Waals surface area contributed by atoms with Gasteiger partial charge in [0.15, 0.2) is 0 Å². The van der Waals surface area contributed by atoms with Crippen molar-refractivity contribution < 1.29 is 48.2 Å². The smallest absolute Gasteiger partial charge is 0.320 e. The highest BCUT2D eigenvalue weighted by Gasteiger charge is 2.22. The average molecular weight is 1030 g/mol. The van der Waals surface area contributed by atoms with Crippen molar-refractivity contribution in [1.82, 2.24) is 20.6 Å². The van der Waals surface area contributed by atoms with Gasteiger partial charge in [-0.15, -0.1) is 0 Å². The van der Waals surface area contributed by atoms with E-state index in [4.69, 9.17) is 51.6 Å². The molecule has 0 aliphatic carbocycles. The summed E-state index contributed by atoms with van der Waals surface area (Å²) in [5, 5.41) is 35.8. The lowest BCUT2D eigenvalue weighted by molar-refractivity contribution is -0.141. The van der Waals surface area contributed by atoms with Crippen molar-refractivity contribution in [2.45, 2.75) is 78.3 Å². The van der Waals surface area contributed by atoms with Crippen molar-refractivity contribution in [3.63, 3.8) is 0 Å². The van der Waals surface area contributed by atoms with E-state index in [-0.39, 0.29) is 65.6 Å². The third kappa shape index (κ3) is 15.7. The van der Waals surface area contributed by atoms with Gasteiger partial charge in [0.1, 0.15) is 67.6 Å². The Kier molecular flexibility index (Phi) is 20.9. The zero-order valence-electron chi connectivity index (χ0n) is 41.2. The second-order valence-corrected chi connectivity index (χ2v) is 17.7. The number of carboxylic acids is 2. The van der Waals surface area contributed by atoms with Gasteiger partial charge >= 0.3 is 11.9 Å². The summed E-state index contributed by atoms with van der Waals surface area (Å²) in [6, 6.07) is 22.8. The number of rotatable bonds is 28. The Hall–Kier alpha value is -7.10. The summed E-state index contributed by atoms with van der Waals surface area (Å²) in [6.07, 6.45) is 8.70. The summed E-state index contributed by atoms with van der Waals surface area (Å²) in [4.78, 5) is 36.5. The van der Waals surface area contributed by atoms with Crippen LogP contribution in [0.5, 0.6) is 23.0 Å².